The van der Waals surface area contributed by atoms with E-state index in [0.717, 1.165) is 5.56 Å². The summed E-state index contributed by atoms with van der Waals surface area (Å²) in [5.41, 5.74) is 0.685. The quantitative estimate of drug-likeness (QED) is 0.734. The minimum absolute atomic E-state index is 0.0590. The molecule has 27 heavy (non-hydrogen) atoms. The molecule has 1 fully saturated rings. The molecule has 0 amide bonds. The maximum absolute atomic E-state index is 11.6. The van der Waals surface area contributed by atoms with Gasteiger partial charge in [-0.2, -0.15) is 0 Å². The van der Waals surface area contributed by atoms with E-state index in [2.05, 4.69) is 4.90 Å². The molecule has 0 aromatic heterocycles. The predicted octanol–water partition coefficient (Wildman–Crippen LogP) is 2.61. The van der Waals surface area contributed by atoms with Crippen molar-refractivity contribution in [3.05, 3.63) is 65.7 Å². The Bertz CT molecular complexity index is 754. The molecule has 0 bridgehead atoms. The van der Waals surface area contributed by atoms with Crippen LogP contribution in [-0.2, 0) is 5.60 Å². The Hall–Kier alpha value is -2.21. The number of carbonyl (C=O) groups excluding carboxylic acids is 1. The molecule has 1 aliphatic rings. The number of nitrogens with zero attached hydrogens (tertiary/aromatic N) is 1. The highest BCUT2D eigenvalue weighted by molar-refractivity contribution is 5.96. The fourth-order valence-electron chi connectivity index (χ4n) is 3.56. The van der Waals surface area contributed by atoms with Crippen LogP contribution in [0.4, 0.5) is 0 Å². The number of para-hydroxylation sites is 1. The lowest BCUT2D eigenvalue weighted by atomic mass is 9.84. The van der Waals surface area contributed by atoms with Crippen molar-refractivity contribution in [1.82, 2.24) is 4.90 Å². The van der Waals surface area contributed by atoms with E-state index in [1.807, 2.05) is 36.4 Å². The molecule has 3 rings (SSSR count). The fraction of sp³-hybridized carbons (Fsp3) is 0.409. The molecule has 5 nitrogen and oxygen atoms in total. The van der Waals surface area contributed by atoms with Crippen LogP contribution in [0.5, 0.6) is 5.75 Å². The molecule has 2 N–H and O–H groups in total. The van der Waals surface area contributed by atoms with Crippen molar-refractivity contribution in [2.75, 3.05) is 26.2 Å². The molecule has 0 unspecified atom stereocenters. The average molecular weight is 369 g/mol. The lowest BCUT2D eigenvalue weighted by molar-refractivity contribution is -0.0372. The Balaban J connectivity index is 1.49. The number of hydrogen-bond donors (Lipinski definition) is 2. The first kappa shape index (κ1) is 19.5. The molecular formula is C22H27NO4. The summed E-state index contributed by atoms with van der Waals surface area (Å²) in [6.07, 6.45) is 0.614. The number of benzene rings is 2. The summed E-state index contributed by atoms with van der Waals surface area (Å²) in [5, 5.41) is 21.2. The number of aliphatic hydroxyl groups excluding tert-OH is 1. The molecule has 1 saturated heterocycles. The van der Waals surface area contributed by atoms with Crippen LogP contribution in [0, 0.1) is 0 Å². The summed E-state index contributed by atoms with van der Waals surface area (Å²) in [4.78, 5) is 13.8. The van der Waals surface area contributed by atoms with E-state index in [4.69, 9.17) is 4.74 Å². The third kappa shape index (κ3) is 4.95. The zero-order chi connectivity index (χ0) is 19.3. The summed E-state index contributed by atoms with van der Waals surface area (Å²) in [6.45, 7) is 3.54. The Morgan fingerprint density at radius 1 is 1.11 bits per heavy atom. The van der Waals surface area contributed by atoms with Crippen molar-refractivity contribution < 1.29 is 19.7 Å². The maximum Gasteiger partial charge on any atom is 0.163 e. The first-order chi connectivity index (χ1) is 13.0. The van der Waals surface area contributed by atoms with E-state index in [1.165, 1.54) is 6.92 Å². The topological polar surface area (TPSA) is 70.0 Å². The molecule has 0 radical (unpaired) electrons. The van der Waals surface area contributed by atoms with E-state index in [-0.39, 0.29) is 12.4 Å². The molecule has 0 saturated carbocycles. The second-order valence-electron chi connectivity index (χ2n) is 7.22. The summed E-state index contributed by atoms with van der Waals surface area (Å²) >= 11 is 0. The third-order valence-corrected chi connectivity index (χ3v) is 5.16. The Kier molecular flexibility index (Phi) is 6.26. The number of ether oxygens (including phenoxy) is 1. The summed E-state index contributed by atoms with van der Waals surface area (Å²) < 4.78 is 5.67. The van der Waals surface area contributed by atoms with Gasteiger partial charge in [0.25, 0.3) is 0 Å². The zero-order valence-corrected chi connectivity index (χ0v) is 15.7. The molecule has 2 aromatic rings. The second kappa shape index (κ2) is 8.65. The molecule has 1 heterocycles. The van der Waals surface area contributed by atoms with Crippen molar-refractivity contribution in [3.63, 3.8) is 0 Å². The van der Waals surface area contributed by atoms with Crippen LogP contribution in [0.3, 0.4) is 0 Å². The van der Waals surface area contributed by atoms with Gasteiger partial charge in [0.1, 0.15) is 18.5 Å². The number of hydrogen-bond acceptors (Lipinski definition) is 5. The minimum atomic E-state index is -0.792. The van der Waals surface area contributed by atoms with Crippen LogP contribution in [0.25, 0.3) is 0 Å². The van der Waals surface area contributed by atoms with Gasteiger partial charge in [0.15, 0.2) is 5.78 Å². The third-order valence-electron chi connectivity index (χ3n) is 5.16. The number of carbonyl (C=O) groups is 1. The molecule has 5 heteroatoms. The smallest absolute Gasteiger partial charge is 0.163 e. The second-order valence-corrected chi connectivity index (χ2v) is 7.22. The van der Waals surface area contributed by atoms with E-state index in [0.29, 0.717) is 43.8 Å². The standard InChI is InChI=1S/C22H27NO4/c1-17(24)20-9-5-6-10-21(20)27-16-19(25)15-23-13-11-22(26,12-14-23)18-7-3-2-4-8-18/h2-10,19,25-26H,11-16H2,1H3/t19-/m0/s1. The van der Waals surface area contributed by atoms with Crippen molar-refractivity contribution in [2.45, 2.75) is 31.5 Å². The normalized spacial score (nSPS) is 18.0. The van der Waals surface area contributed by atoms with Gasteiger partial charge in [0.2, 0.25) is 0 Å². The van der Waals surface area contributed by atoms with Gasteiger partial charge in [0, 0.05) is 19.6 Å². The van der Waals surface area contributed by atoms with Crippen LogP contribution in [0.2, 0.25) is 0 Å². The summed E-state index contributed by atoms with van der Waals surface area (Å²) in [6, 6.07) is 16.8. The number of β-amino-alcohol motifs (C(OH)–C–C–N with tert-alkyl or cyclic N) is 1. The first-order valence-corrected chi connectivity index (χ1v) is 9.39. The van der Waals surface area contributed by atoms with Crippen molar-refractivity contribution >= 4 is 5.78 Å². The molecule has 0 aliphatic carbocycles. The van der Waals surface area contributed by atoms with Gasteiger partial charge in [-0.15, -0.1) is 0 Å². The molecule has 144 valence electrons. The van der Waals surface area contributed by atoms with Crippen LogP contribution in [-0.4, -0.2) is 53.2 Å². The van der Waals surface area contributed by atoms with E-state index in [1.54, 1.807) is 18.2 Å². The molecule has 0 spiro atoms. The SMILES string of the molecule is CC(=O)c1ccccc1OC[C@@H](O)CN1CCC(O)(c2ccccc2)CC1. The number of Topliss-reactive ketones (excluding diaryl/α,β-unsaturated/α-hetero) is 1. The monoisotopic (exact) mass is 369 g/mol. The van der Waals surface area contributed by atoms with Gasteiger partial charge in [0.05, 0.1) is 11.2 Å². The van der Waals surface area contributed by atoms with Gasteiger partial charge >= 0.3 is 0 Å². The molecular weight excluding hydrogens is 342 g/mol. The number of piperidine rings is 1. The summed E-state index contributed by atoms with van der Waals surface area (Å²) in [5.74, 6) is 0.442. The van der Waals surface area contributed by atoms with Gasteiger partial charge in [-0.3, -0.25) is 4.79 Å². The van der Waals surface area contributed by atoms with Crippen LogP contribution in [0.15, 0.2) is 54.6 Å². The van der Waals surface area contributed by atoms with Crippen LogP contribution < -0.4 is 4.74 Å². The average Bonchev–Trinajstić information content (AvgIpc) is 2.69. The van der Waals surface area contributed by atoms with Gasteiger partial charge in [-0.05, 0) is 37.5 Å². The highest BCUT2D eigenvalue weighted by atomic mass is 16.5. The highest BCUT2D eigenvalue weighted by Crippen LogP contribution is 2.32. The van der Waals surface area contributed by atoms with Crippen molar-refractivity contribution in [3.8, 4) is 5.75 Å². The lowest BCUT2D eigenvalue weighted by Crippen LogP contribution is -2.46. The Morgan fingerprint density at radius 3 is 2.41 bits per heavy atom. The zero-order valence-electron chi connectivity index (χ0n) is 15.7. The van der Waals surface area contributed by atoms with Gasteiger partial charge in [-0.25, -0.2) is 0 Å². The highest BCUT2D eigenvalue weighted by Gasteiger charge is 2.34. The van der Waals surface area contributed by atoms with Crippen LogP contribution in [0.1, 0.15) is 35.7 Å². The van der Waals surface area contributed by atoms with Crippen LogP contribution >= 0.6 is 0 Å². The van der Waals surface area contributed by atoms with Crippen molar-refractivity contribution in [2.24, 2.45) is 0 Å². The van der Waals surface area contributed by atoms with E-state index >= 15 is 0 Å². The fourth-order valence-corrected chi connectivity index (χ4v) is 3.56. The number of aliphatic hydroxyl groups is 2. The summed E-state index contributed by atoms with van der Waals surface area (Å²) in [7, 11) is 0. The van der Waals surface area contributed by atoms with E-state index < -0.39 is 11.7 Å². The first-order valence-electron chi connectivity index (χ1n) is 9.39. The largest absolute Gasteiger partial charge is 0.490 e. The Labute approximate surface area is 160 Å². The lowest BCUT2D eigenvalue weighted by Gasteiger charge is -2.39. The molecule has 1 aliphatic heterocycles. The predicted molar refractivity (Wildman–Crippen MR) is 104 cm³/mol. The molecule has 2 aromatic carbocycles. The van der Waals surface area contributed by atoms with E-state index in [9.17, 15) is 15.0 Å². The van der Waals surface area contributed by atoms with Gasteiger partial charge < -0.3 is 19.8 Å². The molecule has 1 atom stereocenters. The number of likely N-dealkylation sites (tertiary alicyclic amines) is 1. The Morgan fingerprint density at radius 2 is 1.74 bits per heavy atom. The maximum atomic E-state index is 11.6. The van der Waals surface area contributed by atoms with Gasteiger partial charge in [-0.1, -0.05) is 42.5 Å². The number of ketones is 1. The number of rotatable bonds is 7. The van der Waals surface area contributed by atoms with Crippen molar-refractivity contribution in [1.29, 1.82) is 0 Å². The minimum Gasteiger partial charge on any atom is -0.490 e.